The largest absolute Gasteiger partial charge is 0.480 e. The monoisotopic (exact) mass is 437 g/mol. The molecule has 0 saturated heterocycles. The highest BCUT2D eigenvalue weighted by Crippen LogP contribution is 2.03. The molecule has 14 heteroatoms. The van der Waals surface area contributed by atoms with E-state index in [2.05, 4.69) is 10.6 Å². The number of hydrogen-bond donors (Lipinski definition) is 8. The van der Waals surface area contributed by atoms with Gasteiger partial charge in [-0.05, 0) is 18.4 Å². The number of hydrogen-bond acceptors (Lipinski definition) is 9. The molecule has 0 fully saturated rings. The maximum Gasteiger partial charge on any atom is 0.326 e. The lowest BCUT2D eigenvalue weighted by molar-refractivity contribution is -0.144. The molecule has 0 rings (SSSR count). The summed E-state index contributed by atoms with van der Waals surface area (Å²) in [6.07, 6.45) is 1.25. The minimum absolute atomic E-state index is 0.163. The van der Waals surface area contributed by atoms with Crippen molar-refractivity contribution in [1.82, 2.24) is 16.0 Å². The zero-order chi connectivity index (χ0) is 22.6. The molecule has 4 unspecified atom stereocenters. The lowest BCUT2D eigenvalue weighted by Crippen LogP contribution is -2.58. The minimum Gasteiger partial charge on any atom is -0.480 e. The second-order valence-electron chi connectivity index (χ2n) is 5.95. The molecular formula is C15H27N5O8S. The molecule has 0 aromatic carbocycles. The lowest BCUT2D eigenvalue weighted by Gasteiger charge is -2.23. The van der Waals surface area contributed by atoms with E-state index in [0.29, 0.717) is 5.75 Å². The SMILES string of the molecule is CSCCC(NC(=O)C(N)CO)C(=O)NC(CO)C(=O)NC(CC(N)=O)C(=O)O. The van der Waals surface area contributed by atoms with Crippen molar-refractivity contribution in [2.75, 3.05) is 25.2 Å². The fourth-order valence-electron chi connectivity index (χ4n) is 2.01. The van der Waals surface area contributed by atoms with Gasteiger partial charge in [0.2, 0.25) is 23.6 Å². The van der Waals surface area contributed by atoms with Crippen LogP contribution >= 0.6 is 11.8 Å². The predicted octanol–water partition coefficient (Wildman–Crippen LogP) is -4.53. The summed E-state index contributed by atoms with van der Waals surface area (Å²) in [6, 6.07) is -5.55. The fourth-order valence-corrected chi connectivity index (χ4v) is 2.48. The second kappa shape index (κ2) is 13.7. The Morgan fingerprint density at radius 3 is 1.86 bits per heavy atom. The highest BCUT2D eigenvalue weighted by molar-refractivity contribution is 7.98. The number of nitrogens with two attached hydrogens (primary N) is 2. The van der Waals surface area contributed by atoms with Gasteiger partial charge in [0.1, 0.15) is 24.2 Å². The molecule has 4 atom stereocenters. The molecule has 10 N–H and O–H groups in total. The summed E-state index contributed by atoms with van der Waals surface area (Å²) in [4.78, 5) is 58.5. The van der Waals surface area contributed by atoms with Gasteiger partial charge in [0.25, 0.3) is 0 Å². The van der Waals surface area contributed by atoms with Crippen LogP contribution in [0.3, 0.4) is 0 Å². The Balaban J connectivity index is 5.15. The van der Waals surface area contributed by atoms with E-state index in [0.717, 1.165) is 0 Å². The molecule has 0 bridgehead atoms. The van der Waals surface area contributed by atoms with Crippen molar-refractivity contribution in [1.29, 1.82) is 0 Å². The molecule has 13 nitrogen and oxygen atoms in total. The summed E-state index contributed by atoms with van der Waals surface area (Å²) in [5.41, 5.74) is 10.3. The number of nitrogens with one attached hydrogen (secondary N) is 3. The number of carbonyl (C=O) groups excluding carboxylic acids is 4. The van der Waals surface area contributed by atoms with Crippen LogP contribution in [0.25, 0.3) is 0 Å². The summed E-state index contributed by atoms with van der Waals surface area (Å²) in [5.74, 6) is -4.70. The van der Waals surface area contributed by atoms with Gasteiger partial charge in [-0.3, -0.25) is 19.2 Å². The molecule has 0 spiro atoms. The van der Waals surface area contributed by atoms with Crippen LogP contribution in [0.2, 0.25) is 0 Å². The molecule has 0 aromatic rings. The third-order valence-corrected chi connectivity index (χ3v) is 4.26. The van der Waals surface area contributed by atoms with Crippen molar-refractivity contribution in [2.45, 2.75) is 37.0 Å². The maximum absolute atomic E-state index is 12.4. The molecule has 0 aliphatic carbocycles. The number of aliphatic hydroxyl groups is 2. The van der Waals surface area contributed by atoms with Crippen LogP contribution in [0.15, 0.2) is 0 Å². The zero-order valence-corrected chi connectivity index (χ0v) is 16.6. The van der Waals surface area contributed by atoms with E-state index in [1.807, 2.05) is 5.32 Å². The van der Waals surface area contributed by atoms with Crippen LogP contribution in [0.1, 0.15) is 12.8 Å². The standard InChI is InChI=1S/C15H27N5O8S/c1-29-3-2-8(18-12(24)7(16)5-21)13(25)20-10(6-22)14(26)19-9(15(27)28)4-11(17)23/h7-10,21-22H,2-6,16H2,1H3,(H2,17,23)(H,18,24)(H,19,26)(H,20,25)(H,27,28). The molecule has 0 heterocycles. The molecular weight excluding hydrogens is 410 g/mol. The lowest BCUT2D eigenvalue weighted by atomic mass is 10.1. The molecule has 0 aliphatic rings. The minimum atomic E-state index is -1.64. The number of amides is 4. The highest BCUT2D eigenvalue weighted by Gasteiger charge is 2.30. The molecule has 29 heavy (non-hydrogen) atoms. The van der Waals surface area contributed by atoms with Crippen LogP contribution in [-0.4, -0.2) is 94.3 Å². The van der Waals surface area contributed by atoms with Gasteiger partial charge in [-0.1, -0.05) is 0 Å². The van der Waals surface area contributed by atoms with E-state index in [9.17, 15) is 29.1 Å². The van der Waals surface area contributed by atoms with Crippen molar-refractivity contribution in [3.8, 4) is 0 Å². The van der Waals surface area contributed by atoms with Gasteiger partial charge in [0, 0.05) is 0 Å². The molecule has 0 saturated carbocycles. The Bertz CT molecular complexity index is 605. The van der Waals surface area contributed by atoms with Crippen molar-refractivity contribution >= 4 is 41.4 Å². The summed E-state index contributed by atoms with van der Waals surface area (Å²) >= 11 is 1.39. The number of thioether (sulfide) groups is 1. The van der Waals surface area contributed by atoms with Crippen LogP contribution in [0, 0.1) is 0 Å². The van der Waals surface area contributed by atoms with E-state index >= 15 is 0 Å². The number of carbonyl (C=O) groups is 5. The molecule has 4 amide bonds. The molecule has 166 valence electrons. The van der Waals surface area contributed by atoms with Crippen LogP contribution in [-0.2, 0) is 24.0 Å². The van der Waals surface area contributed by atoms with E-state index < -0.39 is 73.4 Å². The van der Waals surface area contributed by atoms with Crippen LogP contribution in [0.5, 0.6) is 0 Å². The highest BCUT2D eigenvalue weighted by atomic mass is 32.2. The Hall–Kier alpha value is -2.42. The summed E-state index contributed by atoms with van der Waals surface area (Å²) in [6.45, 7) is -1.51. The van der Waals surface area contributed by atoms with Gasteiger partial charge in [-0.25, -0.2) is 4.79 Å². The van der Waals surface area contributed by atoms with Gasteiger partial charge in [0.15, 0.2) is 0 Å². The van der Waals surface area contributed by atoms with Crippen molar-refractivity contribution in [2.24, 2.45) is 11.5 Å². The number of primary amides is 1. The number of carboxylic acid groups (broad SMARTS) is 1. The second-order valence-corrected chi connectivity index (χ2v) is 6.93. The first-order valence-corrected chi connectivity index (χ1v) is 9.85. The van der Waals surface area contributed by atoms with E-state index in [1.165, 1.54) is 11.8 Å². The first-order chi connectivity index (χ1) is 13.6. The Morgan fingerprint density at radius 1 is 0.897 bits per heavy atom. The Kier molecular flexibility index (Phi) is 12.6. The smallest absolute Gasteiger partial charge is 0.326 e. The molecule has 0 radical (unpaired) electrons. The first kappa shape index (κ1) is 26.6. The van der Waals surface area contributed by atoms with Crippen molar-refractivity contribution in [3.05, 3.63) is 0 Å². The summed E-state index contributed by atoms with van der Waals surface area (Å²) in [7, 11) is 0. The van der Waals surface area contributed by atoms with E-state index in [4.69, 9.17) is 21.7 Å². The predicted molar refractivity (Wildman–Crippen MR) is 102 cm³/mol. The number of aliphatic carboxylic acids is 1. The quantitative estimate of drug-likeness (QED) is 0.130. The van der Waals surface area contributed by atoms with E-state index in [1.54, 1.807) is 6.26 Å². The number of rotatable bonds is 14. The summed E-state index contributed by atoms with van der Waals surface area (Å²) in [5, 5.41) is 33.9. The van der Waals surface area contributed by atoms with Gasteiger partial charge in [-0.15, -0.1) is 0 Å². The number of aliphatic hydroxyl groups excluding tert-OH is 2. The van der Waals surface area contributed by atoms with E-state index in [-0.39, 0.29) is 6.42 Å². The van der Waals surface area contributed by atoms with Gasteiger partial charge >= 0.3 is 5.97 Å². The van der Waals surface area contributed by atoms with Gasteiger partial charge < -0.3 is 42.7 Å². The van der Waals surface area contributed by atoms with Crippen molar-refractivity contribution in [3.63, 3.8) is 0 Å². The Labute approximate surface area is 170 Å². The zero-order valence-electron chi connectivity index (χ0n) is 15.8. The normalized spacial score (nSPS) is 14.8. The maximum atomic E-state index is 12.4. The van der Waals surface area contributed by atoms with Crippen molar-refractivity contribution < 1.29 is 39.3 Å². The molecule has 0 aliphatic heterocycles. The Morgan fingerprint density at radius 2 is 1.41 bits per heavy atom. The van der Waals surface area contributed by atoms with Gasteiger partial charge in [-0.2, -0.15) is 11.8 Å². The van der Waals surface area contributed by atoms with Gasteiger partial charge in [0.05, 0.1) is 19.6 Å². The topological polar surface area (TPSA) is 234 Å². The third kappa shape index (κ3) is 10.1. The average Bonchev–Trinajstić information content (AvgIpc) is 2.66. The molecule has 0 aromatic heterocycles. The average molecular weight is 437 g/mol. The number of carboxylic acids is 1. The third-order valence-electron chi connectivity index (χ3n) is 3.61. The van der Waals surface area contributed by atoms with Crippen LogP contribution < -0.4 is 27.4 Å². The van der Waals surface area contributed by atoms with Crippen LogP contribution in [0.4, 0.5) is 0 Å². The fraction of sp³-hybridized carbons (Fsp3) is 0.667. The summed E-state index contributed by atoms with van der Waals surface area (Å²) < 4.78 is 0. The first-order valence-electron chi connectivity index (χ1n) is 8.45.